The van der Waals surface area contributed by atoms with Crippen LogP contribution in [0.1, 0.15) is 20.7 Å². The molecule has 0 aliphatic heterocycles. The highest BCUT2D eigenvalue weighted by atomic mass is 16.7. The number of hydrogen-bond donors (Lipinski definition) is 2. The van der Waals surface area contributed by atoms with Gasteiger partial charge in [-0.25, -0.2) is 9.59 Å². The zero-order chi connectivity index (χ0) is 12.0. The number of hydroxylamine groups is 2. The summed E-state index contributed by atoms with van der Waals surface area (Å²) < 4.78 is 0. The lowest BCUT2D eigenvalue weighted by atomic mass is 10.1. The summed E-state index contributed by atoms with van der Waals surface area (Å²) in [5, 5.41) is 0. The summed E-state index contributed by atoms with van der Waals surface area (Å²) in [4.78, 5) is 32.1. The van der Waals surface area contributed by atoms with Gasteiger partial charge in [-0.05, 0) is 12.1 Å². The van der Waals surface area contributed by atoms with Gasteiger partial charge in [-0.1, -0.05) is 12.1 Å². The van der Waals surface area contributed by atoms with E-state index in [0.717, 1.165) is 0 Å². The average molecular weight is 224 g/mol. The van der Waals surface area contributed by atoms with E-state index in [2.05, 4.69) is 20.6 Å². The minimum Gasteiger partial charge on any atom is -0.367 e. The Kier molecular flexibility index (Phi) is 4.43. The molecule has 0 unspecified atom stereocenters. The lowest BCUT2D eigenvalue weighted by molar-refractivity contribution is 0.0261. The molecule has 0 saturated heterocycles. The predicted molar refractivity (Wildman–Crippen MR) is 55.4 cm³/mol. The summed E-state index contributed by atoms with van der Waals surface area (Å²) in [6.45, 7) is 0. The first-order valence-electron chi connectivity index (χ1n) is 4.55. The average Bonchev–Trinajstić information content (AvgIpc) is 2.30. The Balaban J connectivity index is 3.00. The van der Waals surface area contributed by atoms with Crippen LogP contribution in [0.2, 0.25) is 0 Å². The Bertz CT molecular complexity index is 355. The van der Waals surface area contributed by atoms with Gasteiger partial charge in [0.25, 0.3) is 0 Å². The second-order valence-electron chi connectivity index (χ2n) is 2.73. The molecule has 0 saturated carbocycles. The molecule has 0 aliphatic carbocycles. The van der Waals surface area contributed by atoms with Crippen LogP contribution in [-0.2, 0) is 9.68 Å². The molecule has 0 aromatic heterocycles. The monoisotopic (exact) mass is 224 g/mol. The van der Waals surface area contributed by atoms with Crippen LogP contribution in [0.5, 0.6) is 0 Å². The van der Waals surface area contributed by atoms with E-state index in [-0.39, 0.29) is 11.1 Å². The van der Waals surface area contributed by atoms with Crippen molar-refractivity contribution in [2.24, 2.45) is 0 Å². The van der Waals surface area contributed by atoms with Crippen molar-refractivity contribution in [3.05, 3.63) is 35.4 Å². The van der Waals surface area contributed by atoms with Crippen molar-refractivity contribution in [2.45, 2.75) is 0 Å². The molecule has 0 amide bonds. The number of benzene rings is 1. The van der Waals surface area contributed by atoms with E-state index in [4.69, 9.17) is 0 Å². The molecule has 0 radical (unpaired) electrons. The summed E-state index contributed by atoms with van der Waals surface area (Å²) in [5.41, 5.74) is 4.77. The van der Waals surface area contributed by atoms with E-state index in [1.807, 2.05) is 0 Å². The van der Waals surface area contributed by atoms with Gasteiger partial charge in [-0.2, -0.15) is 11.0 Å². The Morgan fingerprint density at radius 3 is 1.62 bits per heavy atom. The summed E-state index contributed by atoms with van der Waals surface area (Å²) in [6.07, 6.45) is 0. The smallest absolute Gasteiger partial charge is 0.357 e. The number of carbonyl (C=O) groups is 2. The molecule has 6 heteroatoms. The van der Waals surface area contributed by atoms with Crippen LogP contribution < -0.4 is 11.0 Å². The van der Waals surface area contributed by atoms with Crippen molar-refractivity contribution < 1.29 is 19.3 Å². The Labute approximate surface area is 92.4 Å². The molecule has 86 valence electrons. The predicted octanol–water partition coefficient (Wildman–Crippen LogP) is 0.269. The molecule has 1 aromatic rings. The van der Waals surface area contributed by atoms with Crippen LogP contribution in [0.15, 0.2) is 24.3 Å². The molecule has 0 atom stereocenters. The standard InChI is InChI=1S/C10H12N2O4/c1-11-15-9(13)7-5-3-4-6-8(7)10(14)16-12-2/h3-6,11-12H,1-2H3. The minimum absolute atomic E-state index is 0.136. The molecule has 2 N–H and O–H groups in total. The van der Waals surface area contributed by atoms with Crippen LogP contribution in [0, 0.1) is 0 Å². The quantitative estimate of drug-likeness (QED) is 0.715. The van der Waals surface area contributed by atoms with Crippen molar-refractivity contribution in [3.63, 3.8) is 0 Å². The second-order valence-corrected chi connectivity index (χ2v) is 2.73. The molecular weight excluding hydrogens is 212 g/mol. The van der Waals surface area contributed by atoms with Crippen molar-refractivity contribution in [2.75, 3.05) is 14.1 Å². The minimum atomic E-state index is -0.647. The lowest BCUT2D eigenvalue weighted by Gasteiger charge is -2.07. The number of nitrogens with one attached hydrogen (secondary N) is 2. The molecular formula is C10H12N2O4. The molecule has 0 fully saturated rings. The molecule has 0 aliphatic rings. The van der Waals surface area contributed by atoms with Gasteiger partial charge in [0, 0.05) is 14.1 Å². The third kappa shape index (κ3) is 2.78. The zero-order valence-electron chi connectivity index (χ0n) is 8.94. The van der Waals surface area contributed by atoms with E-state index in [9.17, 15) is 9.59 Å². The largest absolute Gasteiger partial charge is 0.367 e. The molecule has 16 heavy (non-hydrogen) atoms. The Hall–Kier alpha value is -1.92. The van der Waals surface area contributed by atoms with Crippen molar-refractivity contribution in [3.8, 4) is 0 Å². The van der Waals surface area contributed by atoms with Crippen molar-refractivity contribution in [1.82, 2.24) is 11.0 Å². The van der Waals surface area contributed by atoms with Gasteiger partial charge in [0.2, 0.25) is 0 Å². The first-order chi connectivity index (χ1) is 7.70. The third-order valence-corrected chi connectivity index (χ3v) is 1.76. The van der Waals surface area contributed by atoms with Crippen LogP contribution >= 0.6 is 0 Å². The summed E-state index contributed by atoms with van der Waals surface area (Å²) in [5.74, 6) is -1.29. The molecule has 0 heterocycles. The third-order valence-electron chi connectivity index (χ3n) is 1.76. The fourth-order valence-corrected chi connectivity index (χ4v) is 1.13. The van der Waals surface area contributed by atoms with Gasteiger partial charge < -0.3 is 9.68 Å². The fourth-order valence-electron chi connectivity index (χ4n) is 1.13. The topological polar surface area (TPSA) is 76.7 Å². The normalized spacial score (nSPS) is 9.62. The maximum Gasteiger partial charge on any atom is 0.357 e. The van der Waals surface area contributed by atoms with Gasteiger partial charge in [-0.3, -0.25) is 0 Å². The highest BCUT2D eigenvalue weighted by Gasteiger charge is 2.18. The molecule has 0 spiro atoms. The molecule has 0 bridgehead atoms. The first kappa shape index (κ1) is 12.2. The van der Waals surface area contributed by atoms with Crippen molar-refractivity contribution >= 4 is 11.9 Å². The molecule has 6 nitrogen and oxygen atoms in total. The maximum absolute atomic E-state index is 11.5. The van der Waals surface area contributed by atoms with Crippen LogP contribution in [0.3, 0.4) is 0 Å². The first-order valence-corrected chi connectivity index (χ1v) is 4.55. The van der Waals surface area contributed by atoms with Gasteiger partial charge in [0.1, 0.15) is 0 Å². The van der Waals surface area contributed by atoms with Gasteiger partial charge >= 0.3 is 11.9 Å². The second kappa shape index (κ2) is 5.84. The van der Waals surface area contributed by atoms with Gasteiger partial charge in [-0.15, -0.1) is 0 Å². The van der Waals surface area contributed by atoms with Crippen molar-refractivity contribution in [1.29, 1.82) is 0 Å². The van der Waals surface area contributed by atoms with E-state index in [1.165, 1.54) is 26.2 Å². The Morgan fingerprint density at radius 2 is 1.31 bits per heavy atom. The van der Waals surface area contributed by atoms with E-state index in [0.29, 0.717) is 0 Å². The molecule has 1 aromatic carbocycles. The van der Waals surface area contributed by atoms with Gasteiger partial charge in [0.05, 0.1) is 11.1 Å². The number of carbonyl (C=O) groups excluding carboxylic acids is 2. The lowest BCUT2D eigenvalue weighted by Crippen LogP contribution is -2.21. The maximum atomic E-state index is 11.5. The highest BCUT2D eigenvalue weighted by molar-refractivity contribution is 6.02. The summed E-state index contributed by atoms with van der Waals surface area (Å²) in [6, 6.07) is 6.21. The summed E-state index contributed by atoms with van der Waals surface area (Å²) >= 11 is 0. The summed E-state index contributed by atoms with van der Waals surface area (Å²) in [7, 11) is 2.90. The van der Waals surface area contributed by atoms with Crippen LogP contribution in [0.4, 0.5) is 0 Å². The SMILES string of the molecule is CNOC(=O)c1ccccc1C(=O)ONC. The van der Waals surface area contributed by atoms with Crippen LogP contribution in [0.25, 0.3) is 0 Å². The number of rotatable bonds is 4. The van der Waals surface area contributed by atoms with Crippen LogP contribution in [-0.4, -0.2) is 26.0 Å². The zero-order valence-corrected chi connectivity index (χ0v) is 8.94. The Morgan fingerprint density at radius 1 is 0.938 bits per heavy atom. The fraction of sp³-hybridized carbons (Fsp3) is 0.200. The van der Waals surface area contributed by atoms with Gasteiger partial charge in [0.15, 0.2) is 0 Å². The van der Waals surface area contributed by atoms with E-state index < -0.39 is 11.9 Å². The number of hydrogen-bond acceptors (Lipinski definition) is 6. The molecule has 1 rings (SSSR count). The van der Waals surface area contributed by atoms with E-state index in [1.54, 1.807) is 12.1 Å². The van der Waals surface area contributed by atoms with E-state index >= 15 is 0 Å². The highest BCUT2D eigenvalue weighted by Crippen LogP contribution is 2.10.